The van der Waals surface area contributed by atoms with Crippen molar-refractivity contribution >= 4 is 23.2 Å². The standard InChI is InChI=1S/C5H6Cl2/c1-5(2)3(6)4(5)7/h1-2H3. The van der Waals surface area contributed by atoms with Gasteiger partial charge >= 0.3 is 0 Å². The Hall–Kier alpha value is 0.320. The Kier molecular flexibility index (Phi) is 0.919. The highest BCUT2D eigenvalue weighted by atomic mass is 35.5. The third-order valence-electron chi connectivity index (χ3n) is 1.23. The zero-order chi connectivity index (χ0) is 5.65. The van der Waals surface area contributed by atoms with Gasteiger partial charge in [-0.2, -0.15) is 0 Å². The van der Waals surface area contributed by atoms with Crippen LogP contribution in [0.1, 0.15) is 13.8 Å². The monoisotopic (exact) mass is 136 g/mol. The summed E-state index contributed by atoms with van der Waals surface area (Å²) in [5.74, 6) is 0. The maximum Gasteiger partial charge on any atom is 0.0444 e. The van der Waals surface area contributed by atoms with Crippen molar-refractivity contribution in [1.82, 2.24) is 0 Å². The Balaban J connectivity index is 2.69. The first-order valence-electron chi connectivity index (χ1n) is 2.13. The molecule has 40 valence electrons. The van der Waals surface area contributed by atoms with Gasteiger partial charge in [-0.25, -0.2) is 0 Å². The van der Waals surface area contributed by atoms with Crippen LogP contribution in [-0.2, 0) is 0 Å². The topological polar surface area (TPSA) is 0 Å². The predicted molar refractivity (Wildman–Crippen MR) is 32.5 cm³/mol. The molecule has 0 aromatic rings. The van der Waals surface area contributed by atoms with Crippen LogP contribution in [0.2, 0.25) is 0 Å². The molecular weight excluding hydrogens is 131 g/mol. The van der Waals surface area contributed by atoms with E-state index in [1.807, 2.05) is 13.8 Å². The summed E-state index contributed by atoms with van der Waals surface area (Å²) in [6, 6.07) is 0. The number of allylic oxidation sites excluding steroid dienone is 2. The third-order valence-corrected chi connectivity index (χ3v) is 2.65. The molecule has 0 fully saturated rings. The minimum atomic E-state index is 0.0309. The van der Waals surface area contributed by atoms with Crippen molar-refractivity contribution in [3.8, 4) is 0 Å². The van der Waals surface area contributed by atoms with Crippen LogP contribution in [0.25, 0.3) is 0 Å². The largest absolute Gasteiger partial charge is 0.0869 e. The van der Waals surface area contributed by atoms with E-state index in [0.29, 0.717) is 0 Å². The average Bonchev–Trinajstić information content (AvgIpc) is 1.91. The second kappa shape index (κ2) is 1.18. The van der Waals surface area contributed by atoms with Crippen molar-refractivity contribution in [3.05, 3.63) is 10.1 Å². The molecule has 2 heteroatoms. The van der Waals surface area contributed by atoms with E-state index in [0.717, 1.165) is 10.1 Å². The summed E-state index contributed by atoms with van der Waals surface area (Å²) in [5.41, 5.74) is 0.0309. The fourth-order valence-corrected chi connectivity index (χ4v) is 0.994. The highest BCUT2D eigenvalue weighted by molar-refractivity contribution is 6.46. The number of hydrogen-bond donors (Lipinski definition) is 0. The summed E-state index contributed by atoms with van der Waals surface area (Å²) < 4.78 is 0. The smallest absolute Gasteiger partial charge is 0.0444 e. The van der Waals surface area contributed by atoms with Crippen molar-refractivity contribution in [1.29, 1.82) is 0 Å². The summed E-state index contributed by atoms with van der Waals surface area (Å²) in [4.78, 5) is 0. The molecule has 0 radical (unpaired) electrons. The fraction of sp³-hybridized carbons (Fsp3) is 0.600. The zero-order valence-electron chi connectivity index (χ0n) is 4.26. The molecule has 0 unspecified atom stereocenters. The van der Waals surface area contributed by atoms with Gasteiger partial charge in [0.05, 0.1) is 0 Å². The molecule has 0 atom stereocenters. The van der Waals surface area contributed by atoms with Crippen LogP contribution in [0.5, 0.6) is 0 Å². The Morgan fingerprint density at radius 2 is 1.29 bits per heavy atom. The van der Waals surface area contributed by atoms with E-state index in [2.05, 4.69) is 0 Å². The molecule has 1 aliphatic carbocycles. The van der Waals surface area contributed by atoms with Crippen LogP contribution in [0.4, 0.5) is 0 Å². The second-order valence-corrected chi connectivity index (χ2v) is 3.01. The van der Waals surface area contributed by atoms with Gasteiger partial charge < -0.3 is 0 Å². The minimum absolute atomic E-state index is 0.0309. The minimum Gasteiger partial charge on any atom is -0.0869 e. The molecule has 0 aromatic carbocycles. The highest BCUT2D eigenvalue weighted by Crippen LogP contribution is 2.56. The maximum absolute atomic E-state index is 5.58. The van der Waals surface area contributed by atoms with E-state index >= 15 is 0 Å². The lowest BCUT2D eigenvalue weighted by Crippen LogP contribution is -1.86. The quantitative estimate of drug-likeness (QED) is 0.481. The lowest BCUT2D eigenvalue weighted by atomic mass is 10.1. The average molecular weight is 137 g/mol. The molecule has 0 aliphatic heterocycles. The molecule has 0 amide bonds. The third kappa shape index (κ3) is 0.575. The van der Waals surface area contributed by atoms with Gasteiger partial charge in [0.15, 0.2) is 0 Å². The van der Waals surface area contributed by atoms with Crippen molar-refractivity contribution in [2.24, 2.45) is 5.41 Å². The summed E-state index contributed by atoms with van der Waals surface area (Å²) in [6.45, 7) is 4.00. The summed E-state index contributed by atoms with van der Waals surface area (Å²) in [6.07, 6.45) is 0. The Labute approximate surface area is 53.1 Å². The Morgan fingerprint density at radius 3 is 1.29 bits per heavy atom. The van der Waals surface area contributed by atoms with E-state index in [-0.39, 0.29) is 5.41 Å². The highest BCUT2D eigenvalue weighted by Gasteiger charge is 2.42. The van der Waals surface area contributed by atoms with Gasteiger partial charge in [0.2, 0.25) is 0 Å². The van der Waals surface area contributed by atoms with Crippen LogP contribution in [0, 0.1) is 5.41 Å². The van der Waals surface area contributed by atoms with Gasteiger partial charge in [0.25, 0.3) is 0 Å². The summed E-state index contributed by atoms with van der Waals surface area (Å²) in [7, 11) is 0. The summed E-state index contributed by atoms with van der Waals surface area (Å²) >= 11 is 11.2. The summed E-state index contributed by atoms with van der Waals surface area (Å²) in [5, 5.41) is 1.63. The van der Waals surface area contributed by atoms with E-state index in [4.69, 9.17) is 23.2 Å². The molecule has 0 saturated heterocycles. The first-order valence-corrected chi connectivity index (χ1v) is 2.88. The molecule has 0 aromatic heterocycles. The van der Waals surface area contributed by atoms with Crippen LogP contribution < -0.4 is 0 Å². The van der Waals surface area contributed by atoms with Crippen LogP contribution in [-0.4, -0.2) is 0 Å². The number of halogens is 2. The number of rotatable bonds is 0. The normalized spacial score (nSPS) is 25.7. The van der Waals surface area contributed by atoms with Gasteiger partial charge in [-0.3, -0.25) is 0 Å². The molecule has 1 aliphatic rings. The van der Waals surface area contributed by atoms with Crippen molar-refractivity contribution < 1.29 is 0 Å². The lowest BCUT2D eigenvalue weighted by Gasteiger charge is -1.94. The fourth-order valence-electron chi connectivity index (χ4n) is 0.379. The van der Waals surface area contributed by atoms with Crippen LogP contribution >= 0.6 is 23.2 Å². The maximum atomic E-state index is 5.58. The molecule has 1 rings (SSSR count). The zero-order valence-corrected chi connectivity index (χ0v) is 5.77. The van der Waals surface area contributed by atoms with Crippen LogP contribution in [0.3, 0.4) is 0 Å². The van der Waals surface area contributed by atoms with Crippen molar-refractivity contribution in [2.45, 2.75) is 13.8 Å². The lowest BCUT2D eigenvalue weighted by molar-refractivity contribution is 0.713. The van der Waals surface area contributed by atoms with Crippen molar-refractivity contribution in [2.75, 3.05) is 0 Å². The van der Waals surface area contributed by atoms with Gasteiger partial charge in [-0.15, -0.1) is 0 Å². The van der Waals surface area contributed by atoms with E-state index in [1.165, 1.54) is 0 Å². The molecule has 0 bridgehead atoms. The number of hydrogen-bond acceptors (Lipinski definition) is 0. The molecule has 0 N–H and O–H groups in total. The first-order chi connectivity index (χ1) is 3.07. The van der Waals surface area contributed by atoms with E-state index in [1.54, 1.807) is 0 Å². The first kappa shape index (κ1) is 5.46. The SMILES string of the molecule is CC1(C)C(Cl)=C1Cl. The van der Waals surface area contributed by atoms with E-state index in [9.17, 15) is 0 Å². The molecule has 0 heterocycles. The van der Waals surface area contributed by atoms with E-state index < -0.39 is 0 Å². The molecule has 7 heavy (non-hydrogen) atoms. The van der Waals surface area contributed by atoms with Gasteiger partial charge in [-0.1, -0.05) is 23.2 Å². The van der Waals surface area contributed by atoms with Gasteiger partial charge in [-0.05, 0) is 13.8 Å². The van der Waals surface area contributed by atoms with Gasteiger partial charge in [0, 0.05) is 15.5 Å². The van der Waals surface area contributed by atoms with Gasteiger partial charge in [0.1, 0.15) is 0 Å². The Morgan fingerprint density at radius 1 is 1.14 bits per heavy atom. The van der Waals surface area contributed by atoms with Crippen LogP contribution in [0.15, 0.2) is 10.1 Å². The molecule has 0 saturated carbocycles. The molecule has 0 nitrogen and oxygen atoms in total. The Bertz CT molecular complexity index is 119. The van der Waals surface area contributed by atoms with Crippen molar-refractivity contribution in [3.63, 3.8) is 0 Å². The molecule has 0 spiro atoms. The molecular formula is C5H6Cl2. The second-order valence-electron chi connectivity index (χ2n) is 2.25. The predicted octanol–water partition coefficient (Wildman–Crippen LogP) is 2.72.